The van der Waals surface area contributed by atoms with Crippen LogP contribution in [0.5, 0.6) is 0 Å². The molecule has 0 spiro atoms. The number of methoxy groups -OCH3 is 1. The molecule has 2 aromatic rings. The molecule has 0 atom stereocenters. The summed E-state index contributed by atoms with van der Waals surface area (Å²) in [5.74, 6) is 0. The molecule has 0 amide bonds. The van der Waals surface area contributed by atoms with Crippen molar-refractivity contribution < 1.29 is 13.2 Å². The van der Waals surface area contributed by atoms with Crippen molar-refractivity contribution in [2.24, 2.45) is 4.99 Å². The molecule has 3 rings (SSSR count). The molecule has 1 N–H and O–H groups in total. The van der Waals surface area contributed by atoms with Crippen LogP contribution in [0.25, 0.3) is 10.8 Å². The summed E-state index contributed by atoms with van der Waals surface area (Å²) >= 11 is 0. The number of fused-ring (bicyclic) bond motifs is 1. The number of benzene rings is 2. The Hall–Kier alpha value is -2.08. The lowest BCUT2D eigenvalue weighted by Gasteiger charge is -2.19. The van der Waals surface area contributed by atoms with Gasteiger partial charge in [-0.05, 0) is 35.7 Å². The number of nitrogens with one attached hydrogen (secondary N) is 1. The van der Waals surface area contributed by atoms with E-state index in [1.807, 2.05) is 24.3 Å². The first-order valence-electron chi connectivity index (χ1n) is 8.22. The van der Waals surface area contributed by atoms with E-state index in [4.69, 9.17) is 4.74 Å². The molecule has 0 unspecified atom stereocenters. The molecule has 0 radical (unpaired) electrons. The fourth-order valence-electron chi connectivity index (χ4n) is 3.01. The SMILES string of the molecule is COC(=NC1CCCCC1)NS(=O)(=O)c1ccc2ccccc2c1. The minimum Gasteiger partial charge on any atom is -0.468 e. The highest BCUT2D eigenvalue weighted by Gasteiger charge is 2.19. The molecule has 1 saturated carbocycles. The summed E-state index contributed by atoms with van der Waals surface area (Å²) in [5, 5.41) is 1.88. The number of hydrogen-bond acceptors (Lipinski definition) is 4. The van der Waals surface area contributed by atoms with Crippen LogP contribution in [0, 0.1) is 0 Å². The molecule has 0 saturated heterocycles. The molecule has 128 valence electrons. The van der Waals surface area contributed by atoms with Crippen LogP contribution >= 0.6 is 0 Å². The van der Waals surface area contributed by atoms with Gasteiger partial charge >= 0.3 is 0 Å². The van der Waals surface area contributed by atoms with Gasteiger partial charge in [-0.3, -0.25) is 0 Å². The molecule has 2 aromatic carbocycles. The van der Waals surface area contributed by atoms with Gasteiger partial charge in [-0.15, -0.1) is 0 Å². The second-order valence-corrected chi connectivity index (χ2v) is 7.73. The van der Waals surface area contributed by atoms with Crippen LogP contribution in [0.4, 0.5) is 0 Å². The summed E-state index contributed by atoms with van der Waals surface area (Å²) in [6, 6.07) is 12.9. The Morgan fingerprint density at radius 3 is 2.50 bits per heavy atom. The lowest BCUT2D eigenvalue weighted by molar-refractivity contribution is 0.371. The van der Waals surface area contributed by atoms with Gasteiger partial charge in [-0.25, -0.2) is 18.1 Å². The van der Waals surface area contributed by atoms with E-state index in [9.17, 15) is 8.42 Å². The Morgan fingerprint density at radius 1 is 1.08 bits per heavy atom. The first-order chi connectivity index (χ1) is 11.6. The molecule has 5 nitrogen and oxygen atoms in total. The molecule has 0 aliphatic heterocycles. The van der Waals surface area contributed by atoms with E-state index >= 15 is 0 Å². The van der Waals surface area contributed by atoms with E-state index < -0.39 is 10.0 Å². The zero-order chi connectivity index (χ0) is 17.0. The van der Waals surface area contributed by atoms with Crippen LogP contribution in [0.15, 0.2) is 52.4 Å². The monoisotopic (exact) mass is 346 g/mol. The van der Waals surface area contributed by atoms with Crippen molar-refractivity contribution in [3.05, 3.63) is 42.5 Å². The first kappa shape index (κ1) is 16.8. The zero-order valence-electron chi connectivity index (χ0n) is 13.7. The quantitative estimate of drug-likeness (QED) is 0.684. The topological polar surface area (TPSA) is 67.8 Å². The summed E-state index contributed by atoms with van der Waals surface area (Å²) in [6.07, 6.45) is 5.43. The third-order valence-corrected chi connectivity index (χ3v) is 5.64. The normalized spacial score (nSPS) is 17.0. The van der Waals surface area contributed by atoms with Gasteiger partial charge in [-0.1, -0.05) is 49.6 Å². The van der Waals surface area contributed by atoms with Crippen LogP contribution in [0.1, 0.15) is 32.1 Å². The van der Waals surface area contributed by atoms with Crippen molar-refractivity contribution in [2.45, 2.75) is 43.0 Å². The molecule has 0 aromatic heterocycles. The van der Waals surface area contributed by atoms with E-state index in [-0.39, 0.29) is 17.0 Å². The third-order valence-electron chi connectivity index (χ3n) is 4.32. The Labute approximate surface area is 142 Å². The fraction of sp³-hybridized carbons (Fsp3) is 0.389. The molecule has 0 bridgehead atoms. The average Bonchev–Trinajstić information content (AvgIpc) is 2.61. The standard InChI is InChI=1S/C18H22N2O3S/c1-23-18(19-16-9-3-2-4-10-16)20-24(21,22)17-12-11-14-7-5-6-8-15(14)13-17/h5-8,11-13,16H,2-4,9-10H2,1H3,(H,19,20). The van der Waals surface area contributed by atoms with Gasteiger partial charge in [-0.2, -0.15) is 0 Å². The summed E-state index contributed by atoms with van der Waals surface area (Å²) < 4.78 is 32.9. The van der Waals surface area contributed by atoms with Crippen molar-refractivity contribution in [1.29, 1.82) is 0 Å². The van der Waals surface area contributed by atoms with Crippen molar-refractivity contribution in [1.82, 2.24) is 4.72 Å². The van der Waals surface area contributed by atoms with Gasteiger partial charge in [0.2, 0.25) is 0 Å². The second kappa shape index (κ2) is 7.21. The minimum atomic E-state index is -3.72. The van der Waals surface area contributed by atoms with Gasteiger partial charge in [0.25, 0.3) is 16.0 Å². The number of aliphatic imine (C=N–C) groups is 1. The average molecular weight is 346 g/mol. The van der Waals surface area contributed by atoms with Crippen LogP contribution < -0.4 is 4.72 Å². The Bertz CT molecular complexity index is 840. The summed E-state index contributed by atoms with van der Waals surface area (Å²) in [4.78, 5) is 4.63. The van der Waals surface area contributed by atoms with Crippen LogP contribution in [-0.2, 0) is 14.8 Å². The van der Waals surface area contributed by atoms with Crippen molar-refractivity contribution >= 4 is 26.8 Å². The predicted octanol–water partition coefficient (Wildman–Crippen LogP) is 3.45. The van der Waals surface area contributed by atoms with Gasteiger partial charge < -0.3 is 4.74 Å². The molecule has 1 fully saturated rings. The van der Waals surface area contributed by atoms with Crippen LogP contribution in [-0.4, -0.2) is 27.6 Å². The fourth-order valence-corrected chi connectivity index (χ4v) is 4.02. The third kappa shape index (κ3) is 3.87. The summed E-state index contributed by atoms with van der Waals surface area (Å²) in [7, 11) is -2.28. The first-order valence-corrected chi connectivity index (χ1v) is 9.70. The van der Waals surface area contributed by atoms with Crippen molar-refractivity contribution in [3.63, 3.8) is 0 Å². The van der Waals surface area contributed by atoms with Gasteiger partial charge in [0, 0.05) is 0 Å². The molecule has 1 aliphatic rings. The molecule has 0 heterocycles. The highest BCUT2D eigenvalue weighted by atomic mass is 32.2. The predicted molar refractivity (Wildman–Crippen MR) is 95.6 cm³/mol. The number of ether oxygens (including phenoxy) is 1. The maximum atomic E-state index is 12.6. The van der Waals surface area contributed by atoms with E-state index in [1.165, 1.54) is 13.5 Å². The number of hydrogen-bond donors (Lipinski definition) is 1. The van der Waals surface area contributed by atoms with Crippen LogP contribution in [0.2, 0.25) is 0 Å². The number of amidine groups is 1. The Balaban J connectivity index is 1.83. The van der Waals surface area contributed by atoms with E-state index in [2.05, 4.69) is 9.71 Å². The van der Waals surface area contributed by atoms with E-state index in [0.29, 0.717) is 0 Å². The van der Waals surface area contributed by atoms with Gasteiger partial charge in [0.05, 0.1) is 18.0 Å². The van der Waals surface area contributed by atoms with Crippen molar-refractivity contribution in [2.75, 3.05) is 7.11 Å². The maximum absolute atomic E-state index is 12.6. The van der Waals surface area contributed by atoms with E-state index in [0.717, 1.165) is 36.5 Å². The number of sulfonamides is 1. The smallest absolute Gasteiger partial charge is 0.298 e. The molecule has 6 heteroatoms. The number of rotatable bonds is 3. The van der Waals surface area contributed by atoms with Gasteiger partial charge in [0.15, 0.2) is 0 Å². The largest absolute Gasteiger partial charge is 0.468 e. The minimum absolute atomic E-state index is 0.0649. The molecular weight excluding hydrogens is 324 g/mol. The zero-order valence-corrected chi connectivity index (χ0v) is 14.6. The lowest BCUT2D eigenvalue weighted by atomic mass is 9.96. The summed E-state index contributed by atoms with van der Waals surface area (Å²) in [5.41, 5.74) is 0. The highest BCUT2D eigenvalue weighted by Crippen LogP contribution is 2.21. The lowest BCUT2D eigenvalue weighted by Crippen LogP contribution is -2.33. The Kier molecular flexibility index (Phi) is 5.04. The molecular formula is C18H22N2O3S. The maximum Gasteiger partial charge on any atom is 0.298 e. The Morgan fingerprint density at radius 2 is 1.79 bits per heavy atom. The second-order valence-electron chi connectivity index (χ2n) is 6.04. The number of nitrogens with zero attached hydrogens (tertiary/aromatic N) is 1. The van der Waals surface area contributed by atoms with E-state index in [1.54, 1.807) is 18.2 Å². The highest BCUT2D eigenvalue weighted by molar-refractivity contribution is 7.90. The molecule has 1 aliphatic carbocycles. The van der Waals surface area contributed by atoms with Gasteiger partial charge in [0.1, 0.15) is 0 Å². The van der Waals surface area contributed by atoms with Crippen molar-refractivity contribution in [3.8, 4) is 0 Å². The van der Waals surface area contributed by atoms with Crippen LogP contribution in [0.3, 0.4) is 0 Å². The molecule has 24 heavy (non-hydrogen) atoms. The summed E-state index contributed by atoms with van der Waals surface area (Å²) in [6.45, 7) is 0.